The quantitative estimate of drug-likeness (QED) is 0.786. The molecule has 27 heavy (non-hydrogen) atoms. The van der Waals surface area contributed by atoms with Crippen molar-refractivity contribution < 1.29 is 4.79 Å². The van der Waals surface area contributed by atoms with Crippen molar-refractivity contribution in [1.82, 2.24) is 4.90 Å². The lowest BCUT2D eigenvalue weighted by Crippen LogP contribution is -2.58. The van der Waals surface area contributed by atoms with E-state index in [1.807, 2.05) is 18.2 Å². The molecule has 1 aromatic rings. The molecule has 3 atom stereocenters. The summed E-state index contributed by atoms with van der Waals surface area (Å²) in [4.78, 5) is 21.8. The van der Waals surface area contributed by atoms with E-state index in [1.54, 1.807) is 6.34 Å². The molecular weight excluding hydrogens is 334 g/mol. The van der Waals surface area contributed by atoms with Gasteiger partial charge in [-0.25, -0.2) is 4.99 Å². The molecule has 3 unspecified atom stereocenters. The third-order valence-corrected chi connectivity index (χ3v) is 7.84. The molecular formula is C23H31N3O. The fourth-order valence-electron chi connectivity index (χ4n) is 6.24. The molecule has 144 valence electrons. The Balaban J connectivity index is 1.27. The molecule has 0 radical (unpaired) electrons. The molecule has 5 rings (SSSR count). The number of nitrogens with zero attached hydrogens (tertiary/aromatic N) is 3. The topological polar surface area (TPSA) is 35.9 Å². The lowest BCUT2D eigenvalue weighted by molar-refractivity contribution is -0.123. The summed E-state index contributed by atoms with van der Waals surface area (Å²) >= 11 is 0. The third-order valence-electron chi connectivity index (χ3n) is 7.84. The van der Waals surface area contributed by atoms with Gasteiger partial charge in [0.2, 0.25) is 0 Å². The van der Waals surface area contributed by atoms with Crippen LogP contribution in [0.3, 0.4) is 0 Å². The van der Waals surface area contributed by atoms with Crippen LogP contribution >= 0.6 is 0 Å². The Bertz CT molecular complexity index is 708. The molecule has 4 heteroatoms. The Morgan fingerprint density at radius 2 is 1.67 bits per heavy atom. The van der Waals surface area contributed by atoms with Gasteiger partial charge < -0.3 is 9.80 Å². The maximum absolute atomic E-state index is 12.7. The zero-order chi connectivity index (χ0) is 18.3. The highest BCUT2D eigenvalue weighted by atomic mass is 16.2. The fraction of sp³-hybridized carbons (Fsp3) is 0.652. The van der Waals surface area contributed by atoms with Crippen molar-refractivity contribution in [2.75, 3.05) is 18.0 Å². The van der Waals surface area contributed by atoms with Crippen molar-refractivity contribution in [2.45, 2.75) is 69.4 Å². The number of carbonyl (C=O) groups excluding carboxylic acids is 1. The molecule has 1 aromatic carbocycles. The van der Waals surface area contributed by atoms with Crippen molar-refractivity contribution in [2.24, 2.45) is 16.8 Å². The maximum Gasteiger partial charge on any atom is 0.273 e. The number of para-hydroxylation sites is 1. The summed E-state index contributed by atoms with van der Waals surface area (Å²) < 4.78 is 0. The van der Waals surface area contributed by atoms with Gasteiger partial charge in [0.25, 0.3) is 5.91 Å². The predicted molar refractivity (Wildman–Crippen MR) is 109 cm³/mol. The first-order chi connectivity index (χ1) is 13.3. The number of amides is 1. The summed E-state index contributed by atoms with van der Waals surface area (Å²) in [5.41, 5.74) is 0.642. The summed E-state index contributed by atoms with van der Waals surface area (Å²) in [6, 6.07) is 11.0. The molecule has 0 bridgehead atoms. The molecule has 0 N–H and O–H groups in total. The van der Waals surface area contributed by atoms with Crippen LogP contribution in [0.25, 0.3) is 0 Å². The van der Waals surface area contributed by atoms with Crippen LogP contribution in [0.1, 0.15) is 57.8 Å². The Labute approximate surface area is 162 Å². The van der Waals surface area contributed by atoms with Gasteiger partial charge >= 0.3 is 0 Å². The summed E-state index contributed by atoms with van der Waals surface area (Å²) in [6.45, 7) is 2.06. The molecule has 0 aromatic heterocycles. The molecule has 1 spiro atoms. The lowest BCUT2D eigenvalue weighted by atomic mass is 9.69. The van der Waals surface area contributed by atoms with Crippen molar-refractivity contribution in [3.8, 4) is 0 Å². The number of hydrogen-bond acceptors (Lipinski definition) is 3. The minimum Gasteiger partial charge on any atom is -0.317 e. The molecule has 2 saturated carbocycles. The monoisotopic (exact) mass is 365 g/mol. The number of fused-ring (bicyclic) bond motifs is 1. The second-order valence-electron chi connectivity index (χ2n) is 9.09. The predicted octanol–water partition coefficient (Wildman–Crippen LogP) is 4.26. The van der Waals surface area contributed by atoms with Gasteiger partial charge in [0.15, 0.2) is 0 Å². The van der Waals surface area contributed by atoms with Crippen LogP contribution in [0, 0.1) is 11.8 Å². The van der Waals surface area contributed by atoms with Crippen molar-refractivity contribution >= 4 is 17.9 Å². The average Bonchev–Trinajstić information content (AvgIpc) is 3.04. The standard InChI is InChI=1S/C23H31N3O/c27-22-23(26(17-24-22)20-8-2-1-3-9-20)12-14-25(15-13-23)21-11-10-18-6-4-5-7-19(18)16-21/h1-3,8-9,17-19,21H,4-7,10-16H2. The van der Waals surface area contributed by atoms with Gasteiger partial charge in [0.05, 0.1) is 6.34 Å². The first-order valence-electron chi connectivity index (χ1n) is 10.9. The van der Waals surface area contributed by atoms with Crippen LogP contribution in [0.2, 0.25) is 0 Å². The SMILES string of the molecule is O=C1N=CN(c2ccccc2)C12CCN(C1CCC3CCCCC3C1)CC2. The average molecular weight is 366 g/mol. The third kappa shape index (κ3) is 3.02. The summed E-state index contributed by atoms with van der Waals surface area (Å²) in [6.07, 6.45) is 13.5. The van der Waals surface area contributed by atoms with E-state index in [9.17, 15) is 4.79 Å². The number of piperidine rings is 1. The van der Waals surface area contributed by atoms with Crippen LogP contribution in [-0.2, 0) is 4.79 Å². The second-order valence-corrected chi connectivity index (χ2v) is 9.09. The summed E-state index contributed by atoms with van der Waals surface area (Å²) in [5.74, 6) is 2.03. The minimum atomic E-state index is -0.445. The van der Waals surface area contributed by atoms with Gasteiger partial charge in [-0.15, -0.1) is 0 Å². The van der Waals surface area contributed by atoms with Gasteiger partial charge in [-0.3, -0.25) is 4.79 Å². The summed E-state index contributed by atoms with van der Waals surface area (Å²) in [5, 5.41) is 0. The van der Waals surface area contributed by atoms with E-state index in [0.717, 1.165) is 49.5 Å². The zero-order valence-electron chi connectivity index (χ0n) is 16.2. The van der Waals surface area contributed by atoms with Crippen molar-refractivity contribution in [3.05, 3.63) is 30.3 Å². The van der Waals surface area contributed by atoms with E-state index < -0.39 is 5.54 Å². The minimum absolute atomic E-state index is 0.0574. The van der Waals surface area contributed by atoms with Gasteiger partial charge in [-0.1, -0.05) is 43.9 Å². The van der Waals surface area contributed by atoms with Gasteiger partial charge in [-0.05, 0) is 56.1 Å². The lowest BCUT2D eigenvalue weighted by Gasteiger charge is -2.48. The number of hydrogen-bond donors (Lipinski definition) is 0. The first kappa shape index (κ1) is 17.4. The highest BCUT2D eigenvalue weighted by Gasteiger charge is 2.50. The highest BCUT2D eigenvalue weighted by molar-refractivity contribution is 6.08. The highest BCUT2D eigenvalue weighted by Crippen LogP contribution is 2.43. The Morgan fingerprint density at radius 3 is 2.44 bits per heavy atom. The first-order valence-corrected chi connectivity index (χ1v) is 10.9. The van der Waals surface area contributed by atoms with Crippen molar-refractivity contribution in [3.63, 3.8) is 0 Å². The van der Waals surface area contributed by atoms with Crippen LogP contribution in [0.4, 0.5) is 5.69 Å². The number of likely N-dealkylation sites (tertiary alicyclic amines) is 1. The Morgan fingerprint density at radius 1 is 0.926 bits per heavy atom. The number of carbonyl (C=O) groups is 1. The molecule has 4 nitrogen and oxygen atoms in total. The number of rotatable bonds is 2. The van der Waals surface area contributed by atoms with Crippen molar-refractivity contribution in [1.29, 1.82) is 0 Å². The second kappa shape index (κ2) is 7.05. The molecule has 2 heterocycles. The van der Waals surface area contributed by atoms with Crippen LogP contribution in [-0.4, -0.2) is 41.8 Å². The number of benzene rings is 1. The maximum atomic E-state index is 12.7. The smallest absolute Gasteiger partial charge is 0.273 e. The van der Waals surface area contributed by atoms with E-state index in [2.05, 4.69) is 26.9 Å². The van der Waals surface area contributed by atoms with Crippen LogP contribution < -0.4 is 4.90 Å². The van der Waals surface area contributed by atoms with Crippen LogP contribution in [0.15, 0.2) is 35.3 Å². The fourth-order valence-corrected chi connectivity index (χ4v) is 6.24. The van der Waals surface area contributed by atoms with E-state index >= 15 is 0 Å². The molecule has 1 amide bonds. The normalized spacial score (nSPS) is 33.4. The van der Waals surface area contributed by atoms with Crippen LogP contribution in [0.5, 0.6) is 0 Å². The molecule has 2 aliphatic heterocycles. The molecule has 4 aliphatic rings. The van der Waals surface area contributed by atoms with E-state index in [1.165, 1.54) is 44.9 Å². The van der Waals surface area contributed by atoms with E-state index in [0.29, 0.717) is 0 Å². The summed E-state index contributed by atoms with van der Waals surface area (Å²) in [7, 11) is 0. The molecule has 3 fully saturated rings. The van der Waals surface area contributed by atoms with Gasteiger partial charge in [0, 0.05) is 24.8 Å². The van der Waals surface area contributed by atoms with E-state index in [4.69, 9.17) is 0 Å². The largest absolute Gasteiger partial charge is 0.317 e. The Kier molecular flexibility index (Phi) is 4.55. The van der Waals surface area contributed by atoms with Gasteiger partial charge in [-0.2, -0.15) is 0 Å². The van der Waals surface area contributed by atoms with Gasteiger partial charge in [0.1, 0.15) is 5.54 Å². The van der Waals surface area contributed by atoms with E-state index in [-0.39, 0.29) is 5.91 Å². The molecule has 2 aliphatic carbocycles. The number of aliphatic imine (C=N–C) groups is 1. The number of anilines is 1. The molecule has 1 saturated heterocycles. The Hall–Kier alpha value is -1.68. The zero-order valence-corrected chi connectivity index (χ0v) is 16.2.